The second-order valence-corrected chi connectivity index (χ2v) is 4.21. The van der Waals surface area contributed by atoms with Crippen LogP contribution in [-0.2, 0) is 0 Å². The fourth-order valence-electron chi connectivity index (χ4n) is 0.989. The predicted molar refractivity (Wildman–Crippen MR) is 63.7 cm³/mol. The van der Waals surface area contributed by atoms with Crippen molar-refractivity contribution in [2.45, 2.75) is 0 Å². The Kier molecular flexibility index (Phi) is 3.89. The van der Waals surface area contributed by atoms with Crippen LogP contribution in [0, 0.1) is 14.9 Å². The Labute approximate surface area is 103 Å². The first-order valence-electron chi connectivity index (χ1n) is 3.62. The number of carbonyl (C=O) groups excluding carboxylic acids is 1. The molecule has 0 radical (unpaired) electrons. The molecule has 0 fully saturated rings. The SMILES string of the molecule is N#Cc1ccc(I)c(C(=O)CBr)c1O. The van der Waals surface area contributed by atoms with Crippen LogP contribution in [0.4, 0.5) is 0 Å². The molecule has 0 aliphatic rings. The van der Waals surface area contributed by atoms with Crippen molar-refractivity contribution in [3.63, 3.8) is 0 Å². The molecule has 0 saturated carbocycles. The number of carbonyl (C=O) groups is 1. The van der Waals surface area contributed by atoms with E-state index in [1.165, 1.54) is 6.07 Å². The maximum absolute atomic E-state index is 11.4. The maximum atomic E-state index is 11.4. The van der Waals surface area contributed by atoms with Crippen LogP contribution in [0.3, 0.4) is 0 Å². The first-order chi connectivity index (χ1) is 6.61. The van der Waals surface area contributed by atoms with E-state index < -0.39 is 0 Å². The number of alkyl halides is 1. The number of aromatic hydroxyl groups is 1. The summed E-state index contributed by atoms with van der Waals surface area (Å²) >= 11 is 4.97. The number of Topliss-reactive ketones (excluding diaryl/α,β-unsaturated/α-hetero) is 1. The van der Waals surface area contributed by atoms with Crippen molar-refractivity contribution in [1.82, 2.24) is 0 Å². The summed E-state index contributed by atoms with van der Waals surface area (Å²) in [4.78, 5) is 11.4. The molecule has 0 unspecified atom stereocenters. The van der Waals surface area contributed by atoms with Gasteiger partial charge in [0.25, 0.3) is 0 Å². The third kappa shape index (κ3) is 2.07. The Balaban J connectivity index is 3.42. The minimum Gasteiger partial charge on any atom is -0.506 e. The number of ketones is 1. The molecule has 0 aliphatic carbocycles. The van der Waals surface area contributed by atoms with E-state index >= 15 is 0 Å². The van der Waals surface area contributed by atoms with Crippen LogP contribution >= 0.6 is 38.5 Å². The summed E-state index contributed by atoms with van der Waals surface area (Å²) in [5.41, 5.74) is 0.330. The number of phenolic OH excluding ortho intramolecular Hbond substituents is 1. The second kappa shape index (κ2) is 4.75. The molecule has 1 aromatic carbocycles. The third-order valence-electron chi connectivity index (χ3n) is 1.65. The number of phenols is 1. The van der Waals surface area contributed by atoms with Crippen molar-refractivity contribution in [1.29, 1.82) is 5.26 Å². The number of nitrogens with zero attached hydrogens (tertiary/aromatic N) is 1. The van der Waals surface area contributed by atoms with Crippen molar-refractivity contribution in [2.24, 2.45) is 0 Å². The van der Waals surface area contributed by atoms with E-state index in [1.807, 2.05) is 28.7 Å². The van der Waals surface area contributed by atoms with Gasteiger partial charge in [0.15, 0.2) is 5.78 Å². The molecular formula is C9H5BrINO2. The molecule has 14 heavy (non-hydrogen) atoms. The number of nitriles is 1. The monoisotopic (exact) mass is 365 g/mol. The second-order valence-electron chi connectivity index (χ2n) is 2.49. The van der Waals surface area contributed by atoms with Gasteiger partial charge < -0.3 is 5.11 Å². The summed E-state index contributed by atoms with van der Waals surface area (Å²) in [6, 6.07) is 4.94. The van der Waals surface area contributed by atoms with Gasteiger partial charge in [-0.05, 0) is 34.7 Å². The average Bonchev–Trinajstić information content (AvgIpc) is 2.18. The van der Waals surface area contributed by atoms with Crippen molar-refractivity contribution in [3.8, 4) is 11.8 Å². The predicted octanol–water partition coefficient (Wildman–Crippen LogP) is 2.45. The zero-order valence-electron chi connectivity index (χ0n) is 6.92. The molecule has 1 aromatic rings. The van der Waals surface area contributed by atoms with Crippen molar-refractivity contribution < 1.29 is 9.90 Å². The van der Waals surface area contributed by atoms with Crippen molar-refractivity contribution >= 4 is 44.3 Å². The van der Waals surface area contributed by atoms with Gasteiger partial charge in [0.1, 0.15) is 11.8 Å². The van der Waals surface area contributed by atoms with Crippen LogP contribution in [-0.4, -0.2) is 16.2 Å². The molecule has 1 rings (SSSR count). The first-order valence-corrected chi connectivity index (χ1v) is 5.82. The minimum absolute atomic E-state index is 0.120. The Morgan fingerprint density at radius 1 is 1.64 bits per heavy atom. The lowest BCUT2D eigenvalue weighted by atomic mass is 10.1. The molecule has 0 spiro atoms. The van der Waals surface area contributed by atoms with Crippen molar-refractivity contribution in [2.75, 3.05) is 5.33 Å². The highest BCUT2D eigenvalue weighted by Gasteiger charge is 2.16. The van der Waals surface area contributed by atoms with E-state index in [0.29, 0.717) is 3.57 Å². The number of rotatable bonds is 2. The van der Waals surface area contributed by atoms with E-state index in [1.54, 1.807) is 6.07 Å². The van der Waals surface area contributed by atoms with Gasteiger partial charge in [-0.15, -0.1) is 0 Å². The highest BCUT2D eigenvalue weighted by Crippen LogP contribution is 2.27. The van der Waals surface area contributed by atoms with Crippen LogP contribution in [0.1, 0.15) is 15.9 Å². The Morgan fingerprint density at radius 2 is 2.29 bits per heavy atom. The largest absolute Gasteiger partial charge is 0.506 e. The molecule has 0 aliphatic heterocycles. The molecular weight excluding hydrogens is 361 g/mol. The standard InChI is InChI=1S/C9H5BrINO2/c10-3-7(13)8-6(11)2-1-5(4-12)9(8)14/h1-2,14H,3H2. The highest BCUT2D eigenvalue weighted by atomic mass is 127. The van der Waals surface area contributed by atoms with Crippen LogP contribution in [0.5, 0.6) is 5.75 Å². The maximum Gasteiger partial charge on any atom is 0.178 e. The van der Waals surface area contributed by atoms with Crippen molar-refractivity contribution in [3.05, 3.63) is 26.8 Å². The topological polar surface area (TPSA) is 61.1 Å². The minimum atomic E-state index is -0.233. The van der Waals surface area contributed by atoms with Gasteiger partial charge in [0.2, 0.25) is 0 Å². The summed E-state index contributed by atoms with van der Waals surface area (Å²) in [6.07, 6.45) is 0. The molecule has 1 N–H and O–H groups in total. The lowest BCUT2D eigenvalue weighted by molar-refractivity contribution is 0.102. The molecule has 72 valence electrons. The smallest absolute Gasteiger partial charge is 0.178 e. The van der Waals surface area contributed by atoms with Gasteiger partial charge in [-0.25, -0.2) is 0 Å². The molecule has 0 atom stereocenters. The van der Waals surface area contributed by atoms with Gasteiger partial charge >= 0.3 is 0 Å². The average molecular weight is 366 g/mol. The van der Waals surface area contributed by atoms with Gasteiger partial charge in [-0.3, -0.25) is 4.79 Å². The van der Waals surface area contributed by atoms with Gasteiger partial charge in [-0.2, -0.15) is 5.26 Å². The zero-order chi connectivity index (χ0) is 10.7. The Bertz CT molecular complexity index is 426. The molecule has 3 nitrogen and oxygen atoms in total. The Morgan fingerprint density at radius 3 is 2.79 bits per heavy atom. The quantitative estimate of drug-likeness (QED) is 0.497. The summed E-state index contributed by atoms with van der Waals surface area (Å²) in [5.74, 6) is -0.465. The number of benzene rings is 1. The lowest BCUT2D eigenvalue weighted by Crippen LogP contribution is -2.04. The van der Waals surface area contributed by atoms with Gasteiger partial charge in [-0.1, -0.05) is 15.9 Å². The van der Waals surface area contributed by atoms with E-state index in [9.17, 15) is 9.90 Å². The molecule has 0 amide bonds. The molecule has 5 heteroatoms. The number of hydrogen-bond acceptors (Lipinski definition) is 3. The number of halogens is 2. The Hall–Kier alpha value is -0.610. The zero-order valence-corrected chi connectivity index (χ0v) is 10.7. The fourth-order valence-corrected chi connectivity index (χ4v) is 2.01. The molecule has 0 heterocycles. The summed E-state index contributed by atoms with van der Waals surface area (Å²) in [7, 11) is 0. The van der Waals surface area contributed by atoms with E-state index in [4.69, 9.17) is 5.26 Å². The summed E-state index contributed by atoms with van der Waals surface area (Å²) in [5, 5.41) is 18.4. The van der Waals surface area contributed by atoms with Crippen LogP contribution in [0.15, 0.2) is 12.1 Å². The summed E-state index contributed by atoms with van der Waals surface area (Å²) < 4.78 is 0.642. The van der Waals surface area contributed by atoms with Crippen LogP contribution in [0.2, 0.25) is 0 Å². The van der Waals surface area contributed by atoms with E-state index in [0.717, 1.165) is 0 Å². The molecule has 0 aromatic heterocycles. The highest BCUT2D eigenvalue weighted by molar-refractivity contribution is 14.1. The van der Waals surface area contributed by atoms with E-state index in [2.05, 4.69) is 15.9 Å². The molecule has 0 saturated heterocycles. The van der Waals surface area contributed by atoms with Gasteiger partial charge in [0, 0.05) is 3.57 Å². The number of hydrogen-bond donors (Lipinski definition) is 1. The normalized spacial score (nSPS) is 9.50. The third-order valence-corrected chi connectivity index (χ3v) is 3.06. The van der Waals surface area contributed by atoms with Crippen LogP contribution < -0.4 is 0 Å². The van der Waals surface area contributed by atoms with Crippen LogP contribution in [0.25, 0.3) is 0 Å². The lowest BCUT2D eigenvalue weighted by Gasteiger charge is -2.05. The fraction of sp³-hybridized carbons (Fsp3) is 0.111. The molecule has 0 bridgehead atoms. The van der Waals surface area contributed by atoms with E-state index in [-0.39, 0.29) is 28.0 Å². The van der Waals surface area contributed by atoms with Gasteiger partial charge in [0.05, 0.1) is 16.5 Å². The first kappa shape index (κ1) is 11.5. The summed E-state index contributed by atoms with van der Waals surface area (Å²) in [6.45, 7) is 0.